The molecule has 5 nitrogen and oxygen atoms in total. The van der Waals surface area contributed by atoms with Crippen LogP contribution in [-0.2, 0) is 18.4 Å². The fourth-order valence-corrected chi connectivity index (χ4v) is 2.34. The maximum Gasteiger partial charge on any atom is 0.270 e. The minimum absolute atomic E-state index is 0.0426. The van der Waals surface area contributed by atoms with E-state index in [0.29, 0.717) is 24.9 Å². The summed E-state index contributed by atoms with van der Waals surface area (Å²) in [7, 11) is 0. The predicted octanol–water partition coefficient (Wildman–Crippen LogP) is 2.37. The molecule has 0 saturated heterocycles. The van der Waals surface area contributed by atoms with Gasteiger partial charge in [0.1, 0.15) is 0 Å². The highest BCUT2D eigenvalue weighted by Crippen LogP contribution is 2.23. The summed E-state index contributed by atoms with van der Waals surface area (Å²) in [6.07, 6.45) is 4.29. The lowest BCUT2D eigenvalue weighted by Crippen LogP contribution is -2.20. The molecule has 0 aliphatic carbocycles. The highest BCUT2D eigenvalue weighted by atomic mass is 16.1. The molecule has 0 atom stereocenters. The van der Waals surface area contributed by atoms with E-state index in [-0.39, 0.29) is 11.0 Å². The Bertz CT molecular complexity index is 699. The Balaban J connectivity index is 2.42. The van der Waals surface area contributed by atoms with Gasteiger partial charge >= 0.3 is 0 Å². The van der Waals surface area contributed by atoms with Crippen molar-refractivity contribution < 1.29 is 0 Å². The zero-order chi connectivity index (χ0) is 15.5. The lowest BCUT2D eigenvalue weighted by atomic mass is 9.88. The van der Waals surface area contributed by atoms with Crippen molar-refractivity contribution in [1.82, 2.24) is 14.8 Å². The average molecular weight is 284 g/mol. The zero-order valence-corrected chi connectivity index (χ0v) is 12.7. The monoisotopic (exact) mass is 284 g/mol. The molecule has 0 saturated carbocycles. The van der Waals surface area contributed by atoms with Gasteiger partial charge < -0.3 is 0 Å². The molecule has 21 heavy (non-hydrogen) atoms. The minimum Gasteiger partial charge on any atom is -0.299 e. The Kier molecular flexibility index (Phi) is 4.27. The van der Waals surface area contributed by atoms with Crippen LogP contribution < -0.4 is 5.56 Å². The van der Waals surface area contributed by atoms with E-state index in [9.17, 15) is 4.79 Å². The van der Waals surface area contributed by atoms with Crippen molar-refractivity contribution in [3.63, 3.8) is 0 Å². The summed E-state index contributed by atoms with van der Waals surface area (Å²) in [5.41, 5.74) is 2.39. The first-order chi connectivity index (χ1) is 9.93. The van der Waals surface area contributed by atoms with Gasteiger partial charge in [-0.3, -0.25) is 14.9 Å². The van der Waals surface area contributed by atoms with Crippen LogP contribution in [0.5, 0.6) is 0 Å². The van der Waals surface area contributed by atoms with E-state index in [4.69, 9.17) is 5.26 Å². The zero-order valence-electron chi connectivity index (χ0n) is 12.7. The highest BCUT2D eigenvalue weighted by Gasteiger charge is 2.24. The van der Waals surface area contributed by atoms with E-state index in [1.54, 1.807) is 17.1 Å². The summed E-state index contributed by atoms with van der Waals surface area (Å²) in [5.74, 6) is 0. The number of nitriles is 1. The lowest BCUT2D eigenvalue weighted by Gasteiger charge is -2.18. The normalized spacial score (nSPS) is 11.3. The van der Waals surface area contributed by atoms with Crippen molar-refractivity contribution >= 4 is 0 Å². The number of aromatic nitrogens is 3. The number of aromatic amines is 1. The molecule has 0 aliphatic heterocycles. The van der Waals surface area contributed by atoms with Crippen molar-refractivity contribution in [3.05, 3.63) is 51.7 Å². The van der Waals surface area contributed by atoms with E-state index in [2.05, 4.69) is 36.9 Å². The number of nitrogens with one attached hydrogen (secondary N) is 1. The Morgan fingerprint density at radius 1 is 1.43 bits per heavy atom. The molecule has 0 aromatic carbocycles. The predicted molar refractivity (Wildman–Crippen MR) is 81.0 cm³/mol. The topological polar surface area (TPSA) is 74.5 Å². The molecule has 5 heteroatoms. The standard InChI is InChI=1S/C16H20N4O/c1-16(2,3)14-13(7-4-8-17)15(21)20(19-14)11-12-6-5-9-18-10-12/h5-6,9-10,19H,4,7,11H2,1-3H3. The Morgan fingerprint density at radius 2 is 2.19 bits per heavy atom. The Labute approximate surface area is 124 Å². The van der Waals surface area contributed by atoms with E-state index < -0.39 is 0 Å². The second-order valence-electron chi connectivity index (χ2n) is 6.13. The van der Waals surface area contributed by atoms with E-state index in [1.165, 1.54) is 0 Å². The fourth-order valence-electron chi connectivity index (χ4n) is 2.34. The second kappa shape index (κ2) is 5.96. The minimum atomic E-state index is -0.163. The molecule has 0 aliphatic rings. The van der Waals surface area contributed by atoms with Gasteiger partial charge in [0.05, 0.1) is 12.6 Å². The van der Waals surface area contributed by atoms with Crippen LogP contribution in [-0.4, -0.2) is 14.8 Å². The number of H-pyrrole nitrogens is 1. The number of hydrogen-bond donors (Lipinski definition) is 1. The molecule has 0 spiro atoms. The van der Waals surface area contributed by atoms with Gasteiger partial charge in [-0.05, 0) is 18.1 Å². The van der Waals surface area contributed by atoms with Crippen LogP contribution in [0.25, 0.3) is 0 Å². The van der Waals surface area contributed by atoms with Gasteiger partial charge in [0.25, 0.3) is 5.56 Å². The number of rotatable bonds is 4. The van der Waals surface area contributed by atoms with Crippen molar-refractivity contribution in [2.75, 3.05) is 0 Å². The first kappa shape index (κ1) is 15.0. The van der Waals surface area contributed by atoms with Crippen molar-refractivity contribution in [3.8, 4) is 6.07 Å². The van der Waals surface area contributed by atoms with Gasteiger partial charge in [-0.2, -0.15) is 5.26 Å². The van der Waals surface area contributed by atoms with Crippen molar-refractivity contribution in [2.45, 2.75) is 45.6 Å². The first-order valence-electron chi connectivity index (χ1n) is 7.01. The molecule has 0 amide bonds. The molecule has 0 radical (unpaired) electrons. The third-order valence-electron chi connectivity index (χ3n) is 3.35. The van der Waals surface area contributed by atoms with Crippen LogP contribution in [0.3, 0.4) is 0 Å². The summed E-state index contributed by atoms with van der Waals surface area (Å²) in [5, 5.41) is 12.0. The third-order valence-corrected chi connectivity index (χ3v) is 3.35. The largest absolute Gasteiger partial charge is 0.299 e. The van der Waals surface area contributed by atoms with E-state index in [1.807, 2.05) is 12.1 Å². The van der Waals surface area contributed by atoms with Gasteiger partial charge in [-0.25, -0.2) is 4.68 Å². The van der Waals surface area contributed by atoms with Crippen LogP contribution >= 0.6 is 0 Å². The molecular formula is C16H20N4O. The Hall–Kier alpha value is -2.35. The molecule has 1 N–H and O–H groups in total. The molecule has 2 heterocycles. The number of hydrogen-bond acceptors (Lipinski definition) is 3. The summed E-state index contributed by atoms with van der Waals surface area (Å²) in [6, 6.07) is 5.90. The van der Waals surface area contributed by atoms with Crippen molar-refractivity contribution in [2.24, 2.45) is 0 Å². The molecule has 0 unspecified atom stereocenters. The number of pyridine rings is 1. The Morgan fingerprint density at radius 3 is 2.76 bits per heavy atom. The van der Waals surface area contributed by atoms with Crippen LogP contribution in [0, 0.1) is 11.3 Å². The highest BCUT2D eigenvalue weighted by molar-refractivity contribution is 5.25. The first-order valence-corrected chi connectivity index (χ1v) is 7.01. The van der Waals surface area contributed by atoms with Crippen LogP contribution in [0.15, 0.2) is 29.3 Å². The summed E-state index contributed by atoms with van der Waals surface area (Å²) >= 11 is 0. The van der Waals surface area contributed by atoms with Gasteiger partial charge in [0.2, 0.25) is 0 Å². The van der Waals surface area contributed by atoms with Crippen LogP contribution in [0.2, 0.25) is 0 Å². The third kappa shape index (κ3) is 3.40. The molecule has 110 valence electrons. The maximum absolute atomic E-state index is 12.5. The van der Waals surface area contributed by atoms with Gasteiger partial charge in [-0.1, -0.05) is 26.8 Å². The van der Waals surface area contributed by atoms with E-state index >= 15 is 0 Å². The lowest BCUT2D eigenvalue weighted by molar-refractivity contribution is 0.539. The van der Waals surface area contributed by atoms with Gasteiger partial charge in [0.15, 0.2) is 0 Å². The fraction of sp³-hybridized carbons (Fsp3) is 0.438. The molecular weight excluding hydrogens is 264 g/mol. The molecule has 2 aromatic heterocycles. The van der Waals surface area contributed by atoms with Crippen molar-refractivity contribution in [1.29, 1.82) is 5.26 Å². The van der Waals surface area contributed by atoms with Crippen LogP contribution in [0.4, 0.5) is 0 Å². The SMILES string of the molecule is CC(C)(C)c1[nH]n(Cc2cccnc2)c(=O)c1CCC#N. The van der Waals surface area contributed by atoms with Crippen LogP contribution in [0.1, 0.15) is 44.0 Å². The molecule has 2 aromatic rings. The van der Waals surface area contributed by atoms with Gasteiger partial charge in [0, 0.05) is 35.5 Å². The maximum atomic E-state index is 12.5. The molecule has 2 rings (SSSR count). The summed E-state index contributed by atoms with van der Waals surface area (Å²) in [6.45, 7) is 6.63. The second-order valence-corrected chi connectivity index (χ2v) is 6.13. The number of nitrogens with zero attached hydrogens (tertiary/aromatic N) is 3. The summed E-state index contributed by atoms with van der Waals surface area (Å²) < 4.78 is 1.60. The average Bonchev–Trinajstić information content (AvgIpc) is 2.75. The van der Waals surface area contributed by atoms with E-state index in [0.717, 1.165) is 11.3 Å². The smallest absolute Gasteiger partial charge is 0.270 e. The molecule has 0 fully saturated rings. The quantitative estimate of drug-likeness (QED) is 0.936. The molecule has 0 bridgehead atoms. The van der Waals surface area contributed by atoms with Gasteiger partial charge in [-0.15, -0.1) is 0 Å². The summed E-state index contributed by atoms with van der Waals surface area (Å²) in [4.78, 5) is 16.6.